The molecule has 6 heteroatoms. The highest BCUT2D eigenvalue weighted by molar-refractivity contribution is 5.71. The van der Waals surface area contributed by atoms with Crippen LogP contribution in [0.4, 0.5) is 0 Å². The van der Waals surface area contributed by atoms with Gasteiger partial charge in [0.15, 0.2) is 6.10 Å². The molecule has 0 aliphatic rings. The fourth-order valence-electron chi connectivity index (χ4n) is 8.55. The summed E-state index contributed by atoms with van der Waals surface area (Å²) in [5.74, 6) is -0.889. The molecule has 0 aromatic carbocycles. The van der Waals surface area contributed by atoms with Gasteiger partial charge in [0.25, 0.3) is 0 Å². The maximum absolute atomic E-state index is 12.9. The van der Waals surface area contributed by atoms with Crippen LogP contribution in [0.3, 0.4) is 0 Å². The van der Waals surface area contributed by atoms with Gasteiger partial charge in [-0.15, -0.1) is 0 Å². The van der Waals surface area contributed by atoms with Crippen LogP contribution in [0.25, 0.3) is 0 Å². The lowest BCUT2D eigenvalue weighted by atomic mass is 10.1. The average molecular weight is 966 g/mol. The predicted octanol–water partition coefficient (Wildman–Crippen LogP) is 20.0. The maximum Gasteiger partial charge on any atom is 0.306 e. The number of ether oxygens (including phenoxy) is 3. The van der Waals surface area contributed by atoms with E-state index < -0.39 is 6.10 Å². The van der Waals surface area contributed by atoms with Crippen LogP contribution in [0.5, 0.6) is 0 Å². The number of carbonyl (C=O) groups is 3. The monoisotopic (exact) mass is 965 g/mol. The Hall–Kier alpha value is -2.89. The van der Waals surface area contributed by atoms with Crippen molar-refractivity contribution in [1.82, 2.24) is 0 Å². The first-order chi connectivity index (χ1) is 34.0. The van der Waals surface area contributed by atoms with Gasteiger partial charge >= 0.3 is 17.9 Å². The minimum Gasteiger partial charge on any atom is -0.462 e. The summed E-state index contributed by atoms with van der Waals surface area (Å²) in [6, 6.07) is 0. The molecule has 0 N–H and O–H groups in total. The normalized spacial score (nSPS) is 12.4. The molecule has 1 unspecified atom stereocenters. The Balaban J connectivity index is 4.37. The van der Waals surface area contributed by atoms with Crippen LogP contribution < -0.4 is 0 Å². The molecule has 69 heavy (non-hydrogen) atoms. The molecule has 0 aromatic heterocycles. The summed E-state index contributed by atoms with van der Waals surface area (Å²) in [5.41, 5.74) is 0. The Labute approximate surface area is 428 Å². The van der Waals surface area contributed by atoms with Gasteiger partial charge in [0.1, 0.15) is 13.2 Å². The number of unbranched alkanes of at least 4 members (excludes halogenated alkanes) is 35. The van der Waals surface area contributed by atoms with Gasteiger partial charge in [0, 0.05) is 19.3 Å². The van der Waals surface area contributed by atoms with E-state index in [1.807, 2.05) is 0 Å². The van der Waals surface area contributed by atoms with E-state index in [9.17, 15) is 14.4 Å². The molecule has 0 saturated carbocycles. The smallest absolute Gasteiger partial charge is 0.306 e. The first-order valence-electron chi connectivity index (χ1n) is 29.8. The summed E-state index contributed by atoms with van der Waals surface area (Å²) in [5, 5.41) is 0. The summed E-state index contributed by atoms with van der Waals surface area (Å²) in [7, 11) is 0. The summed E-state index contributed by atoms with van der Waals surface area (Å²) < 4.78 is 16.9. The zero-order valence-corrected chi connectivity index (χ0v) is 45.8. The molecule has 0 spiro atoms. The largest absolute Gasteiger partial charge is 0.462 e. The van der Waals surface area contributed by atoms with E-state index in [1.165, 1.54) is 193 Å². The van der Waals surface area contributed by atoms with E-state index in [0.29, 0.717) is 19.3 Å². The quantitative estimate of drug-likeness (QED) is 0.0199. The third kappa shape index (κ3) is 55.9. The maximum atomic E-state index is 12.9. The van der Waals surface area contributed by atoms with E-state index in [0.717, 1.165) is 70.6 Å². The fraction of sp³-hybridized carbons (Fsp3) is 0.794. The molecule has 0 heterocycles. The summed E-state index contributed by atoms with van der Waals surface area (Å²) in [6.45, 7) is 6.52. The van der Waals surface area contributed by atoms with Crippen LogP contribution in [0.15, 0.2) is 60.8 Å². The van der Waals surface area contributed by atoms with Crippen LogP contribution in [0.2, 0.25) is 0 Å². The lowest BCUT2D eigenvalue weighted by Crippen LogP contribution is -2.30. The molecule has 0 amide bonds. The Morgan fingerprint density at radius 3 is 0.913 bits per heavy atom. The summed E-state index contributed by atoms with van der Waals surface area (Å²) >= 11 is 0. The lowest BCUT2D eigenvalue weighted by Gasteiger charge is -2.18. The van der Waals surface area contributed by atoms with Gasteiger partial charge in [-0.3, -0.25) is 14.4 Å². The van der Waals surface area contributed by atoms with Crippen molar-refractivity contribution in [2.24, 2.45) is 0 Å². The van der Waals surface area contributed by atoms with Crippen molar-refractivity contribution < 1.29 is 28.6 Å². The van der Waals surface area contributed by atoms with E-state index in [-0.39, 0.29) is 31.1 Å². The van der Waals surface area contributed by atoms with Crippen molar-refractivity contribution in [3.8, 4) is 0 Å². The first-order valence-corrected chi connectivity index (χ1v) is 29.8. The molecular weight excluding hydrogens is 853 g/mol. The van der Waals surface area contributed by atoms with Crippen LogP contribution in [0, 0.1) is 0 Å². The lowest BCUT2D eigenvalue weighted by molar-refractivity contribution is -0.167. The van der Waals surface area contributed by atoms with Gasteiger partial charge in [-0.1, -0.05) is 255 Å². The minimum absolute atomic E-state index is 0.0809. The third-order valence-corrected chi connectivity index (χ3v) is 13.0. The highest BCUT2D eigenvalue weighted by Gasteiger charge is 2.19. The van der Waals surface area contributed by atoms with Gasteiger partial charge in [-0.05, 0) is 89.9 Å². The average Bonchev–Trinajstić information content (AvgIpc) is 3.35. The molecule has 0 fully saturated rings. The van der Waals surface area contributed by atoms with Crippen LogP contribution >= 0.6 is 0 Å². The molecule has 400 valence electrons. The highest BCUT2D eigenvalue weighted by atomic mass is 16.6. The van der Waals surface area contributed by atoms with Gasteiger partial charge < -0.3 is 14.2 Å². The van der Waals surface area contributed by atoms with Gasteiger partial charge in [-0.25, -0.2) is 0 Å². The second kappa shape index (κ2) is 57.7. The zero-order chi connectivity index (χ0) is 50.0. The van der Waals surface area contributed by atoms with Crippen molar-refractivity contribution >= 4 is 17.9 Å². The Bertz CT molecular complexity index is 1250. The molecule has 0 aliphatic heterocycles. The predicted molar refractivity (Wildman–Crippen MR) is 298 cm³/mol. The Kier molecular flexibility index (Phi) is 55.3. The topological polar surface area (TPSA) is 78.9 Å². The minimum atomic E-state index is -0.783. The zero-order valence-electron chi connectivity index (χ0n) is 45.8. The molecule has 6 nitrogen and oxygen atoms in total. The second-order valence-electron chi connectivity index (χ2n) is 19.9. The standard InChI is InChI=1S/C63H112O6/c1-4-7-10-13-16-19-22-25-28-30-31-33-35-38-41-44-47-50-53-56-62(65)68-59-60(58-67-61(64)55-52-49-46-43-40-37-34-27-24-21-18-15-12-9-6-3)69-63(66)57-54-51-48-45-42-39-36-32-29-26-23-20-17-14-11-8-5-2/h9,12,15,18,21,24,26,29-31,60H,4-8,10-11,13-14,16-17,19-20,22-23,25,27-28,32-59H2,1-3H3/b12-9-,18-15-,24-21-,29-26-,31-30-. The van der Waals surface area contributed by atoms with Crippen molar-refractivity contribution in [2.45, 2.75) is 309 Å². The van der Waals surface area contributed by atoms with Crippen molar-refractivity contribution in [3.63, 3.8) is 0 Å². The molecule has 0 radical (unpaired) electrons. The number of allylic oxidation sites excluding steroid dienone is 10. The second-order valence-corrected chi connectivity index (χ2v) is 19.9. The number of rotatable bonds is 54. The number of carbonyl (C=O) groups excluding carboxylic acids is 3. The van der Waals surface area contributed by atoms with Crippen molar-refractivity contribution in [3.05, 3.63) is 60.8 Å². The van der Waals surface area contributed by atoms with Crippen LogP contribution in [0.1, 0.15) is 303 Å². The SMILES string of the molecule is CC\C=C/C=C\C=C/CCCCCCCCCC(=O)OCC(COC(=O)CCCCCCCCC/C=C\CCCCCCCCCC)OC(=O)CCCCCCCCC/C=C\CCCCCCCC. The molecular formula is C63H112O6. The first kappa shape index (κ1) is 66.1. The molecule has 0 bridgehead atoms. The van der Waals surface area contributed by atoms with Gasteiger partial charge in [-0.2, -0.15) is 0 Å². The Morgan fingerprint density at radius 2 is 0.580 bits per heavy atom. The van der Waals surface area contributed by atoms with Gasteiger partial charge in [0.2, 0.25) is 0 Å². The van der Waals surface area contributed by atoms with Crippen LogP contribution in [-0.2, 0) is 28.6 Å². The van der Waals surface area contributed by atoms with E-state index >= 15 is 0 Å². The molecule has 0 saturated heterocycles. The number of esters is 3. The van der Waals surface area contributed by atoms with E-state index in [2.05, 4.69) is 81.5 Å². The number of hydrogen-bond acceptors (Lipinski definition) is 6. The molecule has 1 atom stereocenters. The molecule has 0 rings (SSSR count). The van der Waals surface area contributed by atoms with Crippen molar-refractivity contribution in [1.29, 1.82) is 0 Å². The molecule has 0 aliphatic carbocycles. The molecule has 0 aromatic rings. The third-order valence-electron chi connectivity index (χ3n) is 13.0. The van der Waals surface area contributed by atoms with Crippen LogP contribution in [-0.4, -0.2) is 37.2 Å². The fourth-order valence-corrected chi connectivity index (χ4v) is 8.55. The summed E-state index contributed by atoms with van der Waals surface area (Å²) in [6.07, 6.45) is 72.1. The Morgan fingerprint density at radius 1 is 0.304 bits per heavy atom. The summed E-state index contributed by atoms with van der Waals surface area (Å²) in [4.78, 5) is 38.2. The van der Waals surface area contributed by atoms with Crippen molar-refractivity contribution in [2.75, 3.05) is 13.2 Å². The van der Waals surface area contributed by atoms with Gasteiger partial charge in [0.05, 0.1) is 0 Å². The van der Waals surface area contributed by atoms with E-state index in [1.54, 1.807) is 0 Å². The number of hydrogen-bond donors (Lipinski definition) is 0. The van der Waals surface area contributed by atoms with E-state index in [4.69, 9.17) is 14.2 Å². The highest BCUT2D eigenvalue weighted by Crippen LogP contribution is 2.16.